The number of rotatable bonds is 5. The Labute approximate surface area is 111 Å². The minimum absolute atomic E-state index is 0.483. The van der Waals surface area contributed by atoms with Crippen LogP contribution >= 0.6 is 11.8 Å². The lowest BCUT2D eigenvalue weighted by atomic mass is 10.1. The molecule has 2 aromatic rings. The van der Waals surface area contributed by atoms with E-state index < -0.39 is 6.10 Å². The molecule has 1 aromatic heterocycles. The summed E-state index contributed by atoms with van der Waals surface area (Å²) in [5.74, 6) is 1.84. The molecule has 0 aliphatic heterocycles. The van der Waals surface area contributed by atoms with Gasteiger partial charge in [-0.3, -0.25) is 4.68 Å². The quantitative estimate of drug-likeness (QED) is 0.840. The fourth-order valence-electron chi connectivity index (χ4n) is 1.75. The monoisotopic (exact) mass is 263 g/mol. The number of hydrogen-bond donors (Lipinski definition) is 1. The average molecular weight is 263 g/mol. The first-order valence-corrected chi connectivity index (χ1v) is 6.93. The van der Waals surface area contributed by atoms with E-state index in [1.807, 2.05) is 31.3 Å². The van der Waals surface area contributed by atoms with Crippen molar-refractivity contribution in [1.29, 1.82) is 0 Å². The summed E-state index contributed by atoms with van der Waals surface area (Å²) in [7, 11) is 1.83. The SMILES string of the molecule is CCSc1ccc(C(O)Cc2ncnn2C)cc1. The molecule has 0 saturated heterocycles. The van der Waals surface area contributed by atoms with E-state index in [-0.39, 0.29) is 0 Å². The van der Waals surface area contributed by atoms with Crippen molar-refractivity contribution in [3.8, 4) is 0 Å². The Hall–Kier alpha value is -1.33. The summed E-state index contributed by atoms with van der Waals surface area (Å²) in [6.07, 6.45) is 1.45. The minimum atomic E-state index is -0.534. The van der Waals surface area contributed by atoms with Gasteiger partial charge in [0.2, 0.25) is 0 Å². The Morgan fingerprint density at radius 1 is 1.33 bits per heavy atom. The van der Waals surface area contributed by atoms with Crippen molar-refractivity contribution in [1.82, 2.24) is 14.8 Å². The third kappa shape index (κ3) is 3.11. The van der Waals surface area contributed by atoms with Crippen LogP contribution in [-0.4, -0.2) is 25.6 Å². The molecule has 0 aliphatic rings. The first-order valence-electron chi connectivity index (χ1n) is 5.94. The van der Waals surface area contributed by atoms with E-state index in [0.29, 0.717) is 6.42 Å². The number of aromatic nitrogens is 3. The van der Waals surface area contributed by atoms with Crippen molar-refractivity contribution in [2.45, 2.75) is 24.3 Å². The van der Waals surface area contributed by atoms with E-state index in [1.54, 1.807) is 16.4 Å². The summed E-state index contributed by atoms with van der Waals surface area (Å²) < 4.78 is 1.69. The van der Waals surface area contributed by atoms with Crippen LogP contribution in [-0.2, 0) is 13.5 Å². The van der Waals surface area contributed by atoms with Gasteiger partial charge in [-0.25, -0.2) is 4.98 Å². The van der Waals surface area contributed by atoms with Gasteiger partial charge in [0.15, 0.2) is 0 Å². The Balaban J connectivity index is 2.04. The molecular weight excluding hydrogens is 246 g/mol. The molecule has 1 atom stereocenters. The van der Waals surface area contributed by atoms with Crippen LogP contribution in [0.4, 0.5) is 0 Å². The van der Waals surface area contributed by atoms with E-state index in [4.69, 9.17) is 0 Å². The summed E-state index contributed by atoms with van der Waals surface area (Å²) in [4.78, 5) is 5.34. The van der Waals surface area contributed by atoms with Crippen LogP contribution < -0.4 is 0 Å². The summed E-state index contributed by atoms with van der Waals surface area (Å²) in [6, 6.07) is 8.03. The molecule has 2 rings (SSSR count). The lowest BCUT2D eigenvalue weighted by Crippen LogP contribution is -2.07. The van der Waals surface area contributed by atoms with Gasteiger partial charge in [0.05, 0.1) is 6.10 Å². The summed E-state index contributed by atoms with van der Waals surface area (Å²) in [5.41, 5.74) is 0.915. The van der Waals surface area contributed by atoms with Crippen molar-refractivity contribution in [2.24, 2.45) is 7.05 Å². The maximum absolute atomic E-state index is 10.1. The molecule has 0 radical (unpaired) electrons. The third-order valence-corrected chi connectivity index (χ3v) is 3.65. The highest BCUT2D eigenvalue weighted by atomic mass is 32.2. The highest BCUT2D eigenvalue weighted by Crippen LogP contribution is 2.22. The lowest BCUT2D eigenvalue weighted by Gasteiger charge is -2.10. The maximum Gasteiger partial charge on any atom is 0.138 e. The second-order valence-electron chi connectivity index (χ2n) is 4.02. The van der Waals surface area contributed by atoms with Crippen LogP contribution in [0.2, 0.25) is 0 Å². The van der Waals surface area contributed by atoms with Crippen LogP contribution in [0.25, 0.3) is 0 Å². The number of benzene rings is 1. The van der Waals surface area contributed by atoms with Crippen molar-refractivity contribution in [3.05, 3.63) is 42.0 Å². The smallest absolute Gasteiger partial charge is 0.138 e. The molecule has 4 nitrogen and oxygen atoms in total. The minimum Gasteiger partial charge on any atom is -0.388 e. The second kappa shape index (κ2) is 6.02. The van der Waals surface area contributed by atoms with Gasteiger partial charge in [0.25, 0.3) is 0 Å². The summed E-state index contributed by atoms with van der Waals surface area (Å²) in [5, 5.41) is 14.1. The summed E-state index contributed by atoms with van der Waals surface area (Å²) in [6.45, 7) is 2.13. The van der Waals surface area contributed by atoms with Gasteiger partial charge < -0.3 is 5.11 Å². The van der Waals surface area contributed by atoms with E-state index in [1.165, 1.54) is 11.2 Å². The van der Waals surface area contributed by atoms with Crippen LogP contribution in [0.3, 0.4) is 0 Å². The van der Waals surface area contributed by atoms with Gasteiger partial charge in [0.1, 0.15) is 12.2 Å². The fourth-order valence-corrected chi connectivity index (χ4v) is 2.41. The predicted molar refractivity (Wildman–Crippen MR) is 72.5 cm³/mol. The van der Waals surface area contributed by atoms with Gasteiger partial charge >= 0.3 is 0 Å². The molecule has 1 unspecified atom stereocenters. The Morgan fingerprint density at radius 3 is 2.61 bits per heavy atom. The Kier molecular flexibility index (Phi) is 4.38. The van der Waals surface area contributed by atoms with Crippen LogP contribution in [0.1, 0.15) is 24.4 Å². The molecule has 18 heavy (non-hydrogen) atoms. The average Bonchev–Trinajstić information content (AvgIpc) is 2.76. The van der Waals surface area contributed by atoms with E-state index in [0.717, 1.165) is 17.1 Å². The van der Waals surface area contributed by atoms with Crippen LogP contribution in [0.15, 0.2) is 35.5 Å². The standard InChI is InChI=1S/C13H17N3OS/c1-3-18-11-6-4-10(5-7-11)12(17)8-13-14-9-15-16(13)2/h4-7,9,12,17H,3,8H2,1-2H3. The molecule has 0 fully saturated rings. The van der Waals surface area contributed by atoms with Gasteiger partial charge in [-0.15, -0.1) is 11.8 Å². The van der Waals surface area contributed by atoms with E-state index in [2.05, 4.69) is 17.0 Å². The molecule has 96 valence electrons. The molecule has 0 amide bonds. The maximum atomic E-state index is 10.1. The zero-order valence-corrected chi connectivity index (χ0v) is 11.4. The normalized spacial score (nSPS) is 12.6. The third-order valence-electron chi connectivity index (χ3n) is 2.76. The molecule has 1 N–H and O–H groups in total. The van der Waals surface area contributed by atoms with Gasteiger partial charge in [-0.05, 0) is 23.4 Å². The molecule has 0 spiro atoms. The highest BCUT2D eigenvalue weighted by molar-refractivity contribution is 7.99. The second-order valence-corrected chi connectivity index (χ2v) is 5.36. The lowest BCUT2D eigenvalue weighted by molar-refractivity contribution is 0.174. The van der Waals surface area contributed by atoms with Crippen molar-refractivity contribution in [3.63, 3.8) is 0 Å². The van der Waals surface area contributed by atoms with Gasteiger partial charge in [0, 0.05) is 18.4 Å². The van der Waals surface area contributed by atoms with Crippen LogP contribution in [0, 0.1) is 0 Å². The van der Waals surface area contributed by atoms with Crippen molar-refractivity contribution in [2.75, 3.05) is 5.75 Å². The molecule has 0 aliphatic carbocycles. The Bertz CT molecular complexity index is 495. The van der Waals surface area contributed by atoms with Crippen molar-refractivity contribution < 1.29 is 5.11 Å². The number of aliphatic hydroxyl groups is 1. The largest absolute Gasteiger partial charge is 0.388 e. The van der Waals surface area contributed by atoms with Crippen LogP contribution in [0.5, 0.6) is 0 Å². The Morgan fingerprint density at radius 2 is 2.06 bits per heavy atom. The van der Waals surface area contributed by atoms with Crippen molar-refractivity contribution >= 4 is 11.8 Å². The van der Waals surface area contributed by atoms with E-state index >= 15 is 0 Å². The number of hydrogen-bond acceptors (Lipinski definition) is 4. The number of aryl methyl sites for hydroxylation is 1. The molecular formula is C13H17N3OS. The first kappa shape index (κ1) is 13.1. The fraction of sp³-hybridized carbons (Fsp3) is 0.385. The molecule has 1 aromatic carbocycles. The zero-order chi connectivity index (χ0) is 13.0. The predicted octanol–water partition coefficient (Wildman–Crippen LogP) is 2.20. The molecule has 1 heterocycles. The summed E-state index contributed by atoms with van der Waals surface area (Å²) >= 11 is 1.80. The van der Waals surface area contributed by atoms with E-state index in [9.17, 15) is 5.11 Å². The molecule has 0 bridgehead atoms. The zero-order valence-electron chi connectivity index (χ0n) is 10.6. The topological polar surface area (TPSA) is 50.9 Å². The number of aliphatic hydroxyl groups excluding tert-OH is 1. The van der Waals surface area contributed by atoms with Gasteiger partial charge in [-0.2, -0.15) is 5.10 Å². The first-order chi connectivity index (χ1) is 8.70. The molecule has 0 saturated carbocycles. The number of nitrogens with zero attached hydrogens (tertiary/aromatic N) is 3. The molecule has 5 heteroatoms. The van der Waals surface area contributed by atoms with Gasteiger partial charge in [-0.1, -0.05) is 19.1 Å². The highest BCUT2D eigenvalue weighted by Gasteiger charge is 2.11. The number of thioether (sulfide) groups is 1.